The second kappa shape index (κ2) is 8.60. The quantitative estimate of drug-likeness (QED) is 0.619. The van der Waals surface area contributed by atoms with Crippen LogP contribution in [-0.2, 0) is 4.79 Å². The van der Waals surface area contributed by atoms with Gasteiger partial charge in [-0.2, -0.15) is 0 Å². The molecule has 0 aliphatic heterocycles. The molecule has 0 saturated heterocycles. The molecule has 0 aromatic carbocycles. The summed E-state index contributed by atoms with van der Waals surface area (Å²) in [6.45, 7) is 12.5. The molecule has 16 heavy (non-hydrogen) atoms. The number of carbonyl (C=O) groups is 1. The molecular weight excluding hydrogens is 198 g/mol. The zero-order valence-corrected chi connectivity index (χ0v) is 11.8. The molecule has 0 N–H and O–H groups in total. The zero-order chi connectivity index (χ0) is 12.6. The van der Waals surface area contributed by atoms with Gasteiger partial charge in [-0.3, -0.25) is 4.79 Å². The van der Waals surface area contributed by atoms with Crippen LogP contribution in [0.2, 0.25) is 0 Å². The van der Waals surface area contributed by atoms with Crippen LogP contribution < -0.4 is 0 Å². The number of hydrogen-bond donors (Lipinski definition) is 0. The summed E-state index contributed by atoms with van der Waals surface area (Å²) in [4.78, 5) is 13.9. The predicted molar refractivity (Wildman–Crippen MR) is 70.4 cm³/mol. The van der Waals surface area contributed by atoms with Crippen LogP contribution in [0.15, 0.2) is 0 Å². The first-order chi connectivity index (χ1) is 7.54. The van der Waals surface area contributed by atoms with E-state index < -0.39 is 0 Å². The van der Waals surface area contributed by atoms with Gasteiger partial charge in [-0.25, -0.2) is 0 Å². The number of amides is 1. The first-order valence-electron chi connectivity index (χ1n) is 6.82. The lowest BCUT2D eigenvalue weighted by atomic mass is 9.90. The molecule has 0 aliphatic carbocycles. The number of carbonyl (C=O) groups excluding carboxylic acids is 1. The summed E-state index contributed by atoms with van der Waals surface area (Å²) in [6, 6.07) is 0. The van der Waals surface area contributed by atoms with Crippen molar-refractivity contribution in [2.75, 3.05) is 13.1 Å². The van der Waals surface area contributed by atoms with Crippen LogP contribution in [-0.4, -0.2) is 23.9 Å². The van der Waals surface area contributed by atoms with E-state index in [0.717, 1.165) is 19.5 Å². The van der Waals surface area contributed by atoms with E-state index in [0.29, 0.717) is 17.7 Å². The Bertz CT molecular complexity index is 185. The van der Waals surface area contributed by atoms with E-state index in [9.17, 15) is 4.79 Å². The normalized spacial score (nSPS) is 12.9. The maximum atomic E-state index is 12.0. The predicted octanol–water partition coefficient (Wildman–Crippen LogP) is 3.71. The fourth-order valence-corrected chi connectivity index (χ4v) is 2.33. The monoisotopic (exact) mass is 227 g/mol. The Morgan fingerprint density at radius 1 is 1.12 bits per heavy atom. The van der Waals surface area contributed by atoms with Gasteiger partial charge < -0.3 is 4.90 Å². The first kappa shape index (κ1) is 15.5. The van der Waals surface area contributed by atoms with Crippen LogP contribution in [0.1, 0.15) is 60.3 Å². The van der Waals surface area contributed by atoms with Gasteiger partial charge in [0.15, 0.2) is 0 Å². The molecule has 0 rings (SSSR count). The topological polar surface area (TPSA) is 20.3 Å². The second-order valence-corrected chi connectivity index (χ2v) is 5.05. The lowest BCUT2D eigenvalue weighted by Crippen LogP contribution is -2.32. The van der Waals surface area contributed by atoms with Crippen molar-refractivity contribution in [2.24, 2.45) is 11.8 Å². The van der Waals surface area contributed by atoms with Gasteiger partial charge in [-0.05, 0) is 32.1 Å². The smallest absolute Gasteiger partial charge is 0.222 e. The fraction of sp³-hybridized carbons (Fsp3) is 0.929. The molecule has 2 nitrogen and oxygen atoms in total. The van der Waals surface area contributed by atoms with Crippen molar-refractivity contribution in [3.63, 3.8) is 0 Å². The standard InChI is InChI=1S/C14H29NO/c1-6-9-13(10-12(4)5)11-14(16)15(7-2)8-3/h12-13H,6-11H2,1-5H3. The number of rotatable bonds is 8. The SMILES string of the molecule is CCCC(CC(=O)N(CC)CC)CC(C)C. The molecule has 0 aromatic rings. The Morgan fingerprint density at radius 2 is 1.69 bits per heavy atom. The van der Waals surface area contributed by atoms with Crippen LogP contribution in [0, 0.1) is 11.8 Å². The van der Waals surface area contributed by atoms with Crippen LogP contribution in [0.4, 0.5) is 0 Å². The van der Waals surface area contributed by atoms with E-state index in [1.165, 1.54) is 19.3 Å². The molecule has 0 bridgehead atoms. The molecule has 0 aliphatic rings. The molecular formula is C14H29NO. The average Bonchev–Trinajstić information content (AvgIpc) is 2.18. The highest BCUT2D eigenvalue weighted by Gasteiger charge is 2.17. The fourth-order valence-electron chi connectivity index (χ4n) is 2.33. The van der Waals surface area contributed by atoms with Crippen LogP contribution in [0.25, 0.3) is 0 Å². The Balaban J connectivity index is 4.20. The van der Waals surface area contributed by atoms with Crippen molar-refractivity contribution in [3.8, 4) is 0 Å². The Morgan fingerprint density at radius 3 is 2.06 bits per heavy atom. The highest BCUT2D eigenvalue weighted by atomic mass is 16.2. The third-order valence-corrected chi connectivity index (χ3v) is 3.08. The summed E-state index contributed by atoms with van der Waals surface area (Å²) in [6.07, 6.45) is 4.29. The van der Waals surface area contributed by atoms with Crippen molar-refractivity contribution < 1.29 is 4.79 Å². The zero-order valence-electron chi connectivity index (χ0n) is 11.8. The Labute approximate surface area is 101 Å². The van der Waals surface area contributed by atoms with E-state index in [2.05, 4.69) is 34.6 Å². The van der Waals surface area contributed by atoms with Gasteiger partial charge in [0.05, 0.1) is 0 Å². The Hall–Kier alpha value is -0.530. The lowest BCUT2D eigenvalue weighted by molar-refractivity contribution is -0.132. The van der Waals surface area contributed by atoms with Crippen molar-refractivity contribution >= 4 is 5.91 Å². The summed E-state index contributed by atoms with van der Waals surface area (Å²) in [7, 11) is 0. The van der Waals surface area contributed by atoms with Crippen molar-refractivity contribution in [3.05, 3.63) is 0 Å². The summed E-state index contributed by atoms with van der Waals surface area (Å²) < 4.78 is 0. The van der Waals surface area contributed by atoms with E-state index in [1.54, 1.807) is 0 Å². The highest BCUT2D eigenvalue weighted by molar-refractivity contribution is 5.76. The largest absolute Gasteiger partial charge is 0.343 e. The lowest BCUT2D eigenvalue weighted by Gasteiger charge is -2.23. The van der Waals surface area contributed by atoms with Gasteiger partial charge in [0.25, 0.3) is 0 Å². The maximum Gasteiger partial charge on any atom is 0.222 e. The molecule has 1 atom stereocenters. The van der Waals surface area contributed by atoms with Crippen molar-refractivity contribution in [1.29, 1.82) is 0 Å². The number of hydrogen-bond acceptors (Lipinski definition) is 1. The van der Waals surface area contributed by atoms with Gasteiger partial charge in [-0.15, -0.1) is 0 Å². The van der Waals surface area contributed by atoms with Crippen LogP contribution in [0.3, 0.4) is 0 Å². The molecule has 0 spiro atoms. The summed E-state index contributed by atoms with van der Waals surface area (Å²) in [5, 5.41) is 0. The minimum atomic E-state index is 0.337. The van der Waals surface area contributed by atoms with E-state index in [4.69, 9.17) is 0 Å². The van der Waals surface area contributed by atoms with Crippen molar-refractivity contribution in [2.45, 2.75) is 60.3 Å². The van der Waals surface area contributed by atoms with E-state index >= 15 is 0 Å². The molecule has 0 aromatic heterocycles. The van der Waals surface area contributed by atoms with E-state index in [1.807, 2.05) is 4.90 Å². The molecule has 0 saturated carbocycles. The average molecular weight is 227 g/mol. The second-order valence-electron chi connectivity index (χ2n) is 5.05. The Kier molecular flexibility index (Phi) is 8.32. The van der Waals surface area contributed by atoms with Crippen LogP contribution >= 0.6 is 0 Å². The summed E-state index contributed by atoms with van der Waals surface area (Å²) in [5.41, 5.74) is 0. The minimum Gasteiger partial charge on any atom is -0.343 e. The van der Waals surface area contributed by atoms with Gasteiger partial charge in [-0.1, -0.05) is 33.6 Å². The highest BCUT2D eigenvalue weighted by Crippen LogP contribution is 2.21. The molecule has 2 heteroatoms. The van der Waals surface area contributed by atoms with Crippen LogP contribution in [0.5, 0.6) is 0 Å². The molecule has 0 fully saturated rings. The summed E-state index contributed by atoms with van der Waals surface area (Å²) in [5.74, 6) is 1.61. The molecule has 1 unspecified atom stereocenters. The molecule has 96 valence electrons. The first-order valence-corrected chi connectivity index (χ1v) is 6.82. The summed E-state index contributed by atoms with van der Waals surface area (Å²) >= 11 is 0. The third-order valence-electron chi connectivity index (χ3n) is 3.08. The van der Waals surface area contributed by atoms with Gasteiger partial charge >= 0.3 is 0 Å². The van der Waals surface area contributed by atoms with E-state index in [-0.39, 0.29) is 0 Å². The number of nitrogens with zero attached hydrogens (tertiary/aromatic N) is 1. The van der Waals surface area contributed by atoms with Gasteiger partial charge in [0.1, 0.15) is 0 Å². The van der Waals surface area contributed by atoms with Crippen molar-refractivity contribution in [1.82, 2.24) is 4.90 Å². The molecule has 0 heterocycles. The van der Waals surface area contributed by atoms with Gasteiger partial charge in [0.2, 0.25) is 5.91 Å². The molecule has 0 radical (unpaired) electrons. The minimum absolute atomic E-state index is 0.337. The third kappa shape index (κ3) is 6.14. The molecule has 1 amide bonds. The maximum absolute atomic E-state index is 12.0. The van der Waals surface area contributed by atoms with Gasteiger partial charge in [0, 0.05) is 19.5 Å².